The lowest BCUT2D eigenvalue weighted by atomic mass is 9.98. The van der Waals surface area contributed by atoms with Gasteiger partial charge in [0.2, 0.25) is 10.0 Å². The number of nitrogens with zero attached hydrogens (tertiary/aromatic N) is 2. The zero-order valence-corrected chi connectivity index (χ0v) is 19.1. The lowest BCUT2D eigenvalue weighted by Crippen LogP contribution is -2.35. The number of carbonyl (C=O) groups excluding carboxylic acids is 1. The van der Waals surface area contributed by atoms with Gasteiger partial charge < -0.3 is 9.88 Å². The summed E-state index contributed by atoms with van der Waals surface area (Å²) < 4.78 is 29.2. The fourth-order valence-electron chi connectivity index (χ4n) is 4.17. The molecule has 1 amide bonds. The second-order valence-corrected chi connectivity index (χ2v) is 10.2. The summed E-state index contributed by atoms with van der Waals surface area (Å²) in [5.41, 5.74) is 2.44. The Morgan fingerprint density at radius 2 is 1.59 bits per heavy atom. The molecule has 0 saturated carbocycles. The van der Waals surface area contributed by atoms with Crippen molar-refractivity contribution in [1.29, 1.82) is 0 Å². The molecule has 3 aromatic rings. The number of rotatable bonds is 7. The molecular formula is C25H29N3O3S. The molecule has 7 heteroatoms. The topological polar surface area (TPSA) is 71.4 Å². The molecule has 4 rings (SSSR count). The Hall–Kier alpha value is -2.90. The highest BCUT2D eigenvalue weighted by molar-refractivity contribution is 7.89. The Morgan fingerprint density at radius 3 is 2.25 bits per heavy atom. The van der Waals surface area contributed by atoms with Gasteiger partial charge in [-0.3, -0.25) is 4.79 Å². The van der Waals surface area contributed by atoms with Crippen LogP contribution in [0.1, 0.15) is 46.9 Å². The lowest BCUT2D eigenvalue weighted by Gasteiger charge is -2.25. The molecule has 1 unspecified atom stereocenters. The number of piperidine rings is 1. The van der Waals surface area contributed by atoms with E-state index in [-0.39, 0.29) is 16.8 Å². The number of benzene rings is 2. The third-order valence-electron chi connectivity index (χ3n) is 5.96. The van der Waals surface area contributed by atoms with Crippen LogP contribution in [0.5, 0.6) is 0 Å². The molecule has 0 radical (unpaired) electrons. The van der Waals surface area contributed by atoms with Crippen molar-refractivity contribution >= 4 is 15.9 Å². The second-order valence-electron chi connectivity index (χ2n) is 8.26. The van der Waals surface area contributed by atoms with Gasteiger partial charge in [-0.05, 0) is 36.5 Å². The molecule has 1 fully saturated rings. The fourth-order valence-corrected chi connectivity index (χ4v) is 5.76. The molecule has 1 N–H and O–H groups in total. The van der Waals surface area contributed by atoms with Crippen LogP contribution in [0.2, 0.25) is 0 Å². The second kappa shape index (κ2) is 9.71. The average molecular weight is 452 g/mol. The Bertz CT molecular complexity index is 1150. The van der Waals surface area contributed by atoms with E-state index < -0.39 is 10.0 Å². The van der Waals surface area contributed by atoms with Crippen molar-refractivity contribution in [3.63, 3.8) is 0 Å². The molecule has 1 saturated heterocycles. The van der Waals surface area contributed by atoms with E-state index in [1.165, 1.54) is 16.6 Å². The molecular weight excluding hydrogens is 422 g/mol. The number of hydrogen-bond acceptors (Lipinski definition) is 3. The Labute approximate surface area is 189 Å². The summed E-state index contributed by atoms with van der Waals surface area (Å²) in [6.45, 7) is 1.07. The molecule has 0 aliphatic carbocycles. The molecule has 2 aromatic carbocycles. The van der Waals surface area contributed by atoms with Crippen molar-refractivity contribution < 1.29 is 13.2 Å². The quantitative estimate of drug-likeness (QED) is 0.592. The summed E-state index contributed by atoms with van der Waals surface area (Å²) in [6.07, 6.45) is 4.97. The smallest absolute Gasteiger partial charge is 0.268 e. The van der Waals surface area contributed by atoms with E-state index in [0.29, 0.717) is 25.2 Å². The van der Waals surface area contributed by atoms with E-state index in [0.717, 1.165) is 30.4 Å². The third-order valence-corrected chi connectivity index (χ3v) is 7.82. The summed E-state index contributed by atoms with van der Waals surface area (Å²) in [4.78, 5) is 13.4. The minimum atomic E-state index is -3.59. The molecule has 2 heterocycles. The summed E-state index contributed by atoms with van der Waals surface area (Å²) >= 11 is 0. The van der Waals surface area contributed by atoms with Crippen LogP contribution in [0.15, 0.2) is 77.8 Å². The van der Waals surface area contributed by atoms with Crippen LogP contribution in [0, 0.1) is 0 Å². The zero-order valence-electron chi connectivity index (χ0n) is 18.3. The number of aryl methyl sites for hydroxylation is 1. The standard InChI is InChI=1S/C25H29N3O3S/c1-27-19-22(32(30,31)28-15-9-4-10-16-28)18-24(27)25(29)26-23(21-13-7-3-8-14-21)17-20-11-5-2-6-12-20/h2-3,5-8,11-14,18-19,23H,4,9-10,15-17H2,1H3,(H,26,29). The molecule has 6 nitrogen and oxygen atoms in total. The van der Waals surface area contributed by atoms with Gasteiger partial charge in [-0.25, -0.2) is 8.42 Å². The van der Waals surface area contributed by atoms with Crippen molar-refractivity contribution in [2.75, 3.05) is 13.1 Å². The van der Waals surface area contributed by atoms with Crippen LogP contribution < -0.4 is 5.32 Å². The highest BCUT2D eigenvalue weighted by atomic mass is 32.2. The molecule has 1 aliphatic rings. The van der Waals surface area contributed by atoms with Crippen molar-refractivity contribution in [3.8, 4) is 0 Å². The third kappa shape index (κ3) is 4.95. The first-order valence-electron chi connectivity index (χ1n) is 11.0. The van der Waals surface area contributed by atoms with Crippen LogP contribution in [-0.4, -0.2) is 36.3 Å². The Balaban J connectivity index is 1.57. The van der Waals surface area contributed by atoms with E-state index in [2.05, 4.69) is 5.32 Å². The predicted octanol–water partition coefficient (Wildman–Crippen LogP) is 3.91. The van der Waals surface area contributed by atoms with Crippen LogP contribution in [0.3, 0.4) is 0 Å². The number of carbonyl (C=O) groups is 1. The SMILES string of the molecule is Cn1cc(S(=O)(=O)N2CCCCC2)cc1C(=O)NC(Cc1ccccc1)c1ccccc1. The first kappa shape index (κ1) is 22.3. The molecule has 32 heavy (non-hydrogen) atoms. The van der Waals surface area contributed by atoms with Crippen LogP contribution in [0.25, 0.3) is 0 Å². The molecule has 168 valence electrons. The largest absolute Gasteiger partial charge is 0.345 e. The molecule has 1 atom stereocenters. The number of sulfonamides is 1. The molecule has 0 bridgehead atoms. The highest BCUT2D eigenvalue weighted by Crippen LogP contribution is 2.24. The van der Waals surface area contributed by atoms with E-state index >= 15 is 0 Å². The number of amides is 1. The lowest BCUT2D eigenvalue weighted by molar-refractivity contribution is 0.0928. The van der Waals surface area contributed by atoms with Crippen molar-refractivity contribution in [3.05, 3.63) is 89.7 Å². The Morgan fingerprint density at radius 1 is 0.969 bits per heavy atom. The summed E-state index contributed by atoms with van der Waals surface area (Å²) in [7, 11) is -1.89. The molecule has 1 aliphatic heterocycles. The van der Waals surface area contributed by atoms with E-state index in [9.17, 15) is 13.2 Å². The summed E-state index contributed by atoms with van der Waals surface area (Å²) in [5.74, 6) is -0.294. The van der Waals surface area contributed by atoms with Gasteiger partial charge in [0, 0.05) is 26.3 Å². The van der Waals surface area contributed by atoms with Crippen molar-refractivity contribution in [1.82, 2.24) is 14.2 Å². The van der Waals surface area contributed by atoms with Gasteiger partial charge >= 0.3 is 0 Å². The van der Waals surface area contributed by atoms with Gasteiger partial charge in [0.25, 0.3) is 5.91 Å². The maximum absolute atomic E-state index is 13.2. The summed E-state index contributed by atoms with van der Waals surface area (Å²) in [6, 6.07) is 21.1. The minimum Gasteiger partial charge on any atom is -0.345 e. The van der Waals surface area contributed by atoms with Crippen LogP contribution in [-0.2, 0) is 23.5 Å². The molecule has 1 aromatic heterocycles. The van der Waals surface area contributed by atoms with Gasteiger partial charge in [-0.15, -0.1) is 0 Å². The zero-order chi connectivity index (χ0) is 22.6. The van der Waals surface area contributed by atoms with Gasteiger partial charge in [-0.2, -0.15) is 4.31 Å². The monoisotopic (exact) mass is 451 g/mol. The summed E-state index contributed by atoms with van der Waals surface area (Å²) in [5, 5.41) is 3.12. The van der Waals surface area contributed by atoms with Crippen LogP contribution in [0.4, 0.5) is 0 Å². The number of nitrogens with one attached hydrogen (secondary N) is 1. The minimum absolute atomic E-state index is 0.173. The Kier molecular flexibility index (Phi) is 6.77. The maximum atomic E-state index is 13.2. The van der Waals surface area contributed by atoms with Crippen LogP contribution >= 0.6 is 0 Å². The predicted molar refractivity (Wildman–Crippen MR) is 125 cm³/mol. The first-order valence-corrected chi connectivity index (χ1v) is 12.5. The average Bonchev–Trinajstić information content (AvgIpc) is 3.23. The van der Waals surface area contributed by atoms with E-state index in [1.807, 2.05) is 60.7 Å². The first-order chi connectivity index (χ1) is 15.4. The van der Waals surface area contributed by atoms with E-state index in [1.54, 1.807) is 11.6 Å². The van der Waals surface area contributed by atoms with Gasteiger partial charge in [-0.1, -0.05) is 67.1 Å². The number of hydrogen-bond donors (Lipinski definition) is 1. The highest BCUT2D eigenvalue weighted by Gasteiger charge is 2.29. The van der Waals surface area contributed by atoms with Gasteiger partial charge in [0.05, 0.1) is 6.04 Å². The van der Waals surface area contributed by atoms with E-state index in [4.69, 9.17) is 0 Å². The number of aromatic nitrogens is 1. The van der Waals surface area contributed by atoms with Crippen molar-refractivity contribution in [2.24, 2.45) is 7.05 Å². The molecule has 0 spiro atoms. The van der Waals surface area contributed by atoms with Crippen molar-refractivity contribution in [2.45, 2.75) is 36.6 Å². The normalized spacial score (nSPS) is 15.9. The van der Waals surface area contributed by atoms with Gasteiger partial charge in [0.1, 0.15) is 10.6 Å². The fraction of sp³-hybridized carbons (Fsp3) is 0.320. The maximum Gasteiger partial charge on any atom is 0.268 e. The van der Waals surface area contributed by atoms with Gasteiger partial charge in [0.15, 0.2) is 0 Å².